The molecule has 1 aliphatic heterocycles. The summed E-state index contributed by atoms with van der Waals surface area (Å²) < 4.78 is 0. The van der Waals surface area contributed by atoms with E-state index in [4.69, 9.17) is 0 Å². The van der Waals surface area contributed by atoms with Crippen LogP contribution in [0.1, 0.15) is 45.4 Å². The third kappa shape index (κ3) is 1.96. The molecule has 0 N–H and O–H groups in total. The molecule has 0 bridgehead atoms. The zero-order chi connectivity index (χ0) is 14.9. The van der Waals surface area contributed by atoms with E-state index in [1.165, 1.54) is 14.1 Å². The lowest BCUT2D eigenvalue weighted by molar-refractivity contribution is -0.154. The summed E-state index contributed by atoms with van der Waals surface area (Å²) in [6.07, 6.45) is 7.32. The minimum Gasteiger partial charge on any atom is -0.273 e. The monoisotopic (exact) mass is 278 g/mol. The molecule has 0 aromatic carbocycles. The quantitative estimate of drug-likeness (QED) is 0.575. The van der Waals surface area contributed by atoms with Gasteiger partial charge < -0.3 is 0 Å². The number of allylic oxidation sites excluding steroid dienone is 1. The highest BCUT2D eigenvalue weighted by Gasteiger charge is 2.56. The average Bonchev–Trinajstić information content (AvgIpc) is 2.74. The van der Waals surface area contributed by atoms with E-state index >= 15 is 0 Å². The summed E-state index contributed by atoms with van der Waals surface area (Å²) in [5.41, 5.74) is -0.263. The molecular weight excluding hydrogens is 256 g/mol. The SMILES string of the molecule is CCC1(C2=CCCCCC2)C(=O)N(C)C(=O)N(C)C1=O. The fourth-order valence-electron chi connectivity index (χ4n) is 3.27. The number of urea groups is 1. The summed E-state index contributed by atoms with van der Waals surface area (Å²) in [6.45, 7) is 1.85. The van der Waals surface area contributed by atoms with Crippen molar-refractivity contribution in [1.29, 1.82) is 0 Å². The molecule has 1 saturated heterocycles. The molecule has 0 radical (unpaired) electrons. The first kappa shape index (κ1) is 14.8. The smallest absolute Gasteiger partial charge is 0.273 e. The van der Waals surface area contributed by atoms with Gasteiger partial charge in [0.15, 0.2) is 0 Å². The molecule has 0 atom stereocenters. The predicted molar refractivity (Wildman–Crippen MR) is 74.8 cm³/mol. The zero-order valence-electron chi connectivity index (χ0n) is 12.4. The lowest BCUT2D eigenvalue weighted by Gasteiger charge is -2.42. The Hall–Kier alpha value is -1.65. The van der Waals surface area contributed by atoms with E-state index in [1.807, 2.05) is 13.0 Å². The highest BCUT2D eigenvalue weighted by molar-refractivity contribution is 6.20. The van der Waals surface area contributed by atoms with Crippen LogP contribution in [0.15, 0.2) is 11.6 Å². The van der Waals surface area contributed by atoms with Gasteiger partial charge >= 0.3 is 6.03 Å². The van der Waals surface area contributed by atoms with E-state index in [0.717, 1.165) is 47.5 Å². The summed E-state index contributed by atoms with van der Waals surface area (Å²) >= 11 is 0. The van der Waals surface area contributed by atoms with Crippen molar-refractivity contribution in [3.05, 3.63) is 11.6 Å². The van der Waals surface area contributed by atoms with Gasteiger partial charge in [0.05, 0.1) is 0 Å². The van der Waals surface area contributed by atoms with Crippen molar-refractivity contribution in [3.8, 4) is 0 Å². The van der Waals surface area contributed by atoms with Gasteiger partial charge in [0.2, 0.25) is 11.8 Å². The Kier molecular flexibility index (Phi) is 3.97. The lowest BCUT2D eigenvalue weighted by Crippen LogP contribution is -2.63. The molecule has 1 heterocycles. The topological polar surface area (TPSA) is 57.7 Å². The molecule has 2 aliphatic rings. The maximum atomic E-state index is 12.7. The van der Waals surface area contributed by atoms with Gasteiger partial charge in [-0.1, -0.05) is 19.4 Å². The maximum Gasteiger partial charge on any atom is 0.332 e. The largest absolute Gasteiger partial charge is 0.332 e. The third-order valence-corrected chi connectivity index (χ3v) is 4.53. The minimum atomic E-state index is -1.16. The fourth-order valence-corrected chi connectivity index (χ4v) is 3.27. The highest BCUT2D eigenvalue weighted by atomic mass is 16.2. The third-order valence-electron chi connectivity index (χ3n) is 4.53. The molecule has 2 rings (SSSR count). The molecule has 1 aliphatic carbocycles. The van der Waals surface area contributed by atoms with Gasteiger partial charge in [0, 0.05) is 14.1 Å². The number of amides is 4. The van der Waals surface area contributed by atoms with Gasteiger partial charge in [-0.15, -0.1) is 0 Å². The molecule has 110 valence electrons. The Morgan fingerprint density at radius 3 is 2.20 bits per heavy atom. The van der Waals surface area contributed by atoms with Crippen molar-refractivity contribution in [3.63, 3.8) is 0 Å². The summed E-state index contributed by atoms with van der Waals surface area (Å²) in [7, 11) is 2.91. The van der Waals surface area contributed by atoms with Gasteiger partial charge in [-0.3, -0.25) is 19.4 Å². The molecule has 5 nitrogen and oxygen atoms in total. The predicted octanol–water partition coefficient (Wildman–Crippen LogP) is 2.32. The van der Waals surface area contributed by atoms with Gasteiger partial charge in [-0.05, 0) is 37.7 Å². The summed E-state index contributed by atoms with van der Waals surface area (Å²) in [5.74, 6) is -0.748. The van der Waals surface area contributed by atoms with Crippen LogP contribution >= 0.6 is 0 Å². The number of nitrogens with zero attached hydrogens (tertiary/aromatic N) is 2. The Labute approximate surface area is 119 Å². The molecule has 20 heavy (non-hydrogen) atoms. The Morgan fingerprint density at radius 2 is 1.65 bits per heavy atom. The van der Waals surface area contributed by atoms with Gasteiger partial charge in [-0.25, -0.2) is 4.79 Å². The van der Waals surface area contributed by atoms with Crippen LogP contribution in [-0.2, 0) is 9.59 Å². The number of hydrogen-bond acceptors (Lipinski definition) is 3. The maximum absolute atomic E-state index is 12.7. The molecule has 0 unspecified atom stereocenters. The van der Waals surface area contributed by atoms with Crippen molar-refractivity contribution in [2.24, 2.45) is 5.41 Å². The van der Waals surface area contributed by atoms with E-state index in [0.29, 0.717) is 6.42 Å². The zero-order valence-corrected chi connectivity index (χ0v) is 12.4. The van der Waals surface area contributed by atoms with Crippen LogP contribution in [0, 0.1) is 5.41 Å². The van der Waals surface area contributed by atoms with Crippen molar-refractivity contribution in [2.45, 2.75) is 45.4 Å². The van der Waals surface area contributed by atoms with E-state index in [2.05, 4.69) is 0 Å². The molecule has 0 aromatic heterocycles. The minimum absolute atomic E-state index is 0.374. The summed E-state index contributed by atoms with van der Waals surface area (Å²) in [5, 5.41) is 0. The number of rotatable bonds is 2. The first-order valence-electron chi connectivity index (χ1n) is 7.26. The van der Waals surface area contributed by atoms with Crippen molar-refractivity contribution < 1.29 is 14.4 Å². The van der Waals surface area contributed by atoms with Crippen molar-refractivity contribution >= 4 is 17.8 Å². The highest BCUT2D eigenvalue weighted by Crippen LogP contribution is 2.42. The molecule has 4 amide bonds. The number of imide groups is 2. The Bertz CT molecular complexity index is 458. The second kappa shape index (κ2) is 5.38. The van der Waals surface area contributed by atoms with Crippen LogP contribution in [0.4, 0.5) is 4.79 Å². The standard InChI is InChI=1S/C15H22N2O3/c1-4-15(11-9-7-5-6-8-10-11)12(18)16(2)14(20)17(3)13(15)19/h9H,4-8,10H2,1-3H3. The normalized spacial score (nSPS) is 23.8. The number of carbonyl (C=O) groups excluding carboxylic acids is 3. The van der Waals surface area contributed by atoms with Crippen molar-refractivity contribution in [2.75, 3.05) is 14.1 Å². The Balaban J connectivity index is 2.51. The number of hydrogen-bond donors (Lipinski definition) is 0. The van der Waals surface area contributed by atoms with Crippen LogP contribution in [0.3, 0.4) is 0 Å². The summed E-state index contributed by atoms with van der Waals surface area (Å²) in [4.78, 5) is 39.4. The van der Waals surface area contributed by atoms with Crippen LogP contribution in [0.2, 0.25) is 0 Å². The lowest BCUT2D eigenvalue weighted by atomic mass is 9.72. The van der Waals surface area contributed by atoms with Gasteiger partial charge in [0.1, 0.15) is 5.41 Å². The molecule has 0 saturated carbocycles. The van der Waals surface area contributed by atoms with Gasteiger partial charge in [0.25, 0.3) is 0 Å². The number of barbiturate groups is 1. The molecule has 1 fully saturated rings. The second-order valence-electron chi connectivity index (χ2n) is 5.60. The molecule has 0 spiro atoms. The fraction of sp³-hybridized carbons (Fsp3) is 0.667. The van der Waals surface area contributed by atoms with Crippen LogP contribution in [-0.4, -0.2) is 41.7 Å². The van der Waals surface area contributed by atoms with E-state index in [-0.39, 0.29) is 11.8 Å². The van der Waals surface area contributed by atoms with Crippen molar-refractivity contribution in [1.82, 2.24) is 9.80 Å². The molecule has 0 aromatic rings. The van der Waals surface area contributed by atoms with Crippen LogP contribution in [0.25, 0.3) is 0 Å². The van der Waals surface area contributed by atoms with Crippen LogP contribution in [0.5, 0.6) is 0 Å². The first-order chi connectivity index (χ1) is 9.46. The average molecular weight is 278 g/mol. The molecule has 5 heteroatoms. The number of carbonyl (C=O) groups is 3. The van der Waals surface area contributed by atoms with Crippen LogP contribution < -0.4 is 0 Å². The molecular formula is C15H22N2O3. The Morgan fingerprint density at radius 1 is 1.05 bits per heavy atom. The summed E-state index contributed by atoms with van der Waals surface area (Å²) in [6, 6.07) is -0.543. The van der Waals surface area contributed by atoms with E-state index in [9.17, 15) is 14.4 Å². The van der Waals surface area contributed by atoms with Gasteiger partial charge in [-0.2, -0.15) is 0 Å². The van der Waals surface area contributed by atoms with E-state index in [1.54, 1.807) is 0 Å². The van der Waals surface area contributed by atoms with E-state index < -0.39 is 11.4 Å². The first-order valence-corrected chi connectivity index (χ1v) is 7.26. The second-order valence-corrected chi connectivity index (χ2v) is 5.60.